The number of carbonyl (C=O) groups excluding carboxylic acids is 1. The standard InChI is InChI=1S/C19H19N3OS2/c1-24-16-8-5-15(6-9-16)7-10-19(23)20-14-17(18-4-2-13-25-18)22-12-3-11-21-22/h2-13,17H,14H2,1H3,(H,20,23)/b10-7+. The van der Waals surface area contributed by atoms with Crippen LogP contribution in [0.4, 0.5) is 0 Å². The Kier molecular flexibility index (Phi) is 6.09. The van der Waals surface area contributed by atoms with E-state index in [0.29, 0.717) is 6.54 Å². The van der Waals surface area contributed by atoms with Gasteiger partial charge in [-0.15, -0.1) is 23.1 Å². The highest BCUT2D eigenvalue weighted by atomic mass is 32.2. The van der Waals surface area contributed by atoms with E-state index in [2.05, 4.69) is 16.5 Å². The zero-order valence-electron chi connectivity index (χ0n) is 13.8. The topological polar surface area (TPSA) is 46.9 Å². The summed E-state index contributed by atoms with van der Waals surface area (Å²) >= 11 is 3.36. The van der Waals surface area contributed by atoms with E-state index >= 15 is 0 Å². The molecule has 128 valence electrons. The average molecular weight is 370 g/mol. The van der Waals surface area contributed by atoms with Crippen LogP contribution in [0, 0.1) is 0 Å². The Bertz CT molecular complexity index is 775. The van der Waals surface area contributed by atoms with Crippen molar-refractivity contribution in [1.82, 2.24) is 15.1 Å². The molecular formula is C19H19N3OS2. The number of hydrogen-bond acceptors (Lipinski definition) is 4. The molecule has 0 aliphatic carbocycles. The van der Waals surface area contributed by atoms with E-state index in [4.69, 9.17) is 0 Å². The van der Waals surface area contributed by atoms with Crippen molar-refractivity contribution >= 4 is 35.1 Å². The quantitative estimate of drug-likeness (QED) is 0.504. The molecule has 0 fully saturated rings. The minimum Gasteiger partial charge on any atom is -0.350 e. The summed E-state index contributed by atoms with van der Waals surface area (Å²) in [5.74, 6) is -0.109. The number of amides is 1. The minimum absolute atomic E-state index is 0.00760. The van der Waals surface area contributed by atoms with Gasteiger partial charge in [0.15, 0.2) is 0 Å². The third-order valence-corrected chi connectivity index (χ3v) is 5.45. The highest BCUT2D eigenvalue weighted by Gasteiger charge is 2.15. The number of nitrogens with zero attached hydrogens (tertiary/aromatic N) is 2. The van der Waals surface area contributed by atoms with Gasteiger partial charge in [0, 0.05) is 34.8 Å². The molecule has 0 aliphatic heterocycles. The molecule has 3 aromatic rings. The van der Waals surface area contributed by atoms with Crippen LogP contribution in [0.2, 0.25) is 0 Å². The molecule has 2 heterocycles. The van der Waals surface area contributed by atoms with Crippen LogP contribution in [0.3, 0.4) is 0 Å². The van der Waals surface area contributed by atoms with Crippen molar-refractivity contribution < 1.29 is 4.79 Å². The van der Waals surface area contributed by atoms with Crippen LogP contribution in [-0.2, 0) is 4.79 Å². The van der Waals surface area contributed by atoms with Gasteiger partial charge >= 0.3 is 0 Å². The van der Waals surface area contributed by atoms with Crippen LogP contribution in [0.15, 0.2) is 71.2 Å². The van der Waals surface area contributed by atoms with Gasteiger partial charge in [0.05, 0.1) is 0 Å². The third kappa shape index (κ3) is 4.84. The van der Waals surface area contributed by atoms with E-state index in [0.717, 1.165) is 5.56 Å². The van der Waals surface area contributed by atoms with Gasteiger partial charge in [0.1, 0.15) is 6.04 Å². The van der Waals surface area contributed by atoms with Gasteiger partial charge in [-0.2, -0.15) is 5.10 Å². The predicted molar refractivity (Wildman–Crippen MR) is 105 cm³/mol. The molecule has 0 radical (unpaired) electrons. The maximum atomic E-state index is 12.2. The number of carbonyl (C=O) groups is 1. The zero-order valence-corrected chi connectivity index (χ0v) is 15.5. The van der Waals surface area contributed by atoms with E-state index in [-0.39, 0.29) is 11.9 Å². The number of thiophene rings is 1. The van der Waals surface area contributed by atoms with Crippen LogP contribution in [-0.4, -0.2) is 28.5 Å². The Hall–Kier alpha value is -2.31. The van der Waals surface area contributed by atoms with Crippen molar-refractivity contribution in [2.75, 3.05) is 12.8 Å². The molecule has 6 heteroatoms. The summed E-state index contributed by atoms with van der Waals surface area (Å²) in [4.78, 5) is 14.5. The second kappa shape index (κ2) is 8.69. The first kappa shape index (κ1) is 17.5. The largest absolute Gasteiger partial charge is 0.350 e. The number of thioether (sulfide) groups is 1. The first-order chi connectivity index (χ1) is 12.3. The molecule has 25 heavy (non-hydrogen) atoms. The smallest absolute Gasteiger partial charge is 0.244 e. The Morgan fingerprint density at radius 2 is 2.16 bits per heavy atom. The molecule has 0 aliphatic rings. The second-order valence-corrected chi connectivity index (χ2v) is 7.23. The number of benzene rings is 1. The van der Waals surface area contributed by atoms with Crippen molar-refractivity contribution in [3.05, 3.63) is 76.8 Å². The van der Waals surface area contributed by atoms with E-state index in [9.17, 15) is 4.79 Å². The van der Waals surface area contributed by atoms with Gasteiger partial charge < -0.3 is 5.32 Å². The van der Waals surface area contributed by atoms with Gasteiger partial charge in [-0.1, -0.05) is 18.2 Å². The summed E-state index contributed by atoms with van der Waals surface area (Å²) in [6.45, 7) is 0.497. The maximum absolute atomic E-state index is 12.2. The fraction of sp³-hybridized carbons (Fsp3) is 0.158. The third-order valence-electron chi connectivity index (χ3n) is 3.73. The van der Waals surface area contributed by atoms with Crippen LogP contribution in [0.1, 0.15) is 16.5 Å². The highest BCUT2D eigenvalue weighted by molar-refractivity contribution is 7.98. The van der Waals surface area contributed by atoms with E-state index < -0.39 is 0 Å². The Labute approximate surface area is 155 Å². The molecule has 0 bridgehead atoms. The second-order valence-electron chi connectivity index (χ2n) is 5.37. The monoisotopic (exact) mass is 369 g/mol. The summed E-state index contributed by atoms with van der Waals surface area (Å²) in [6, 6.07) is 14.1. The van der Waals surface area contributed by atoms with Gasteiger partial charge in [0.2, 0.25) is 5.91 Å². The lowest BCUT2D eigenvalue weighted by Crippen LogP contribution is -2.30. The van der Waals surface area contributed by atoms with Gasteiger partial charge in [-0.25, -0.2) is 0 Å². The van der Waals surface area contributed by atoms with E-state index in [1.165, 1.54) is 9.77 Å². The van der Waals surface area contributed by atoms with E-state index in [1.807, 2.05) is 65.0 Å². The van der Waals surface area contributed by atoms with Crippen molar-refractivity contribution in [3.8, 4) is 0 Å². The lowest BCUT2D eigenvalue weighted by atomic mass is 10.2. The Morgan fingerprint density at radius 3 is 2.80 bits per heavy atom. The first-order valence-electron chi connectivity index (χ1n) is 7.89. The van der Waals surface area contributed by atoms with Gasteiger partial charge in [-0.05, 0) is 47.5 Å². The molecule has 1 atom stereocenters. The lowest BCUT2D eigenvalue weighted by Gasteiger charge is -2.16. The summed E-state index contributed by atoms with van der Waals surface area (Å²) in [7, 11) is 0. The molecule has 2 aromatic heterocycles. The zero-order chi connectivity index (χ0) is 17.5. The highest BCUT2D eigenvalue weighted by Crippen LogP contribution is 2.22. The average Bonchev–Trinajstić information content (AvgIpc) is 3.35. The van der Waals surface area contributed by atoms with Crippen LogP contribution in [0.5, 0.6) is 0 Å². The number of aromatic nitrogens is 2. The molecule has 0 saturated carbocycles. The van der Waals surface area contributed by atoms with Crippen LogP contribution >= 0.6 is 23.1 Å². The number of nitrogens with one attached hydrogen (secondary N) is 1. The molecule has 1 unspecified atom stereocenters. The SMILES string of the molecule is CSc1ccc(/C=C/C(=O)NCC(c2cccs2)n2cccn2)cc1. The summed E-state index contributed by atoms with van der Waals surface area (Å²) in [5.41, 5.74) is 1.01. The fourth-order valence-corrected chi connectivity index (χ4v) is 3.64. The van der Waals surface area contributed by atoms with Crippen molar-refractivity contribution in [1.29, 1.82) is 0 Å². The van der Waals surface area contributed by atoms with Crippen molar-refractivity contribution in [2.45, 2.75) is 10.9 Å². The van der Waals surface area contributed by atoms with Crippen molar-refractivity contribution in [3.63, 3.8) is 0 Å². The summed E-state index contributed by atoms with van der Waals surface area (Å²) in [6.07, 6.45) is 9.11. The van der Waals surface area contributed by atoms with Gasteiger partial charge in [-0.3, -0.25) is 9.48 Å². The van der Waals surface area contributed by atoms with E-state index in [1.54, 1.807) is 35.4 Å². The van der Waals surface area contributed by atoms with Crippen LogP contribution in [0.25, 0.3) is 6.08 Å². The minimum atomic E-state index is -0.109. The van der Waals surface area contributed by atoms with Gasteiger partial charge in [0.25, 0.3) is 0 Å². The Morgan fingerprint density at radius 1 is 1.32 bits per heavy atom. The molecule has 1 N–H and O–H groups in total. The molecule has 0 saturated heterocycles. The maximum Gasteiger partial charge on any atom is 0.244 e. The predicted octanol–water partition coefficient (Wildman–Crippen LogP) is 4.09. The number of hydrogen-bond donors (Lipinski definition) is 1. The Balaban J connectivity index is 1.60. The molecule has 0 spiro atoms. The summed E-state index contributed by atoms with van der Waals surface area (Å²) in [5, 5.41) is 9.31. The molecule has 1 aromatic carbocycles. The normalized spacial score (nSPS) is 12.4. The number of rotatable bonds is 7. The summed E-state index contributed by atoms with van der Waals surface area (Å²) < 4.78 is 1.87. The molecule has 1 amide bonds. The lowest BCUT2D eigenvalue weighted by molar-refractivity contribution is -0.116. The van der Waals surface area contributed by atoms with Crippen molar-refractivity contribution in [2.24, 2.45) is 0 Å². The molecular weight excluding hydrogens is 350 g/mol. The first-order valence-corrected chi connectivity index (χ1v) is 9.99. The fourth-order valence-electron chi connectivity index (χ4n) is 2.41. The molecule has 4 nitrogen and oxygen atoms in total. The molecule has 3 rings (SSSR count). The van der Waals surface area contributed by atoms with Crippen LogP contribution < -0.4 is 5.32 Å².